The summed E-state index contributed by atoms with van der Waals surface area (Å²) < 4.78 is 5.36. The molecule has 0 radical (unpaired) electrons. The van der Waals surface area contributed by atoms with E-state index in [0.717, 1.165) is 16.7 Å². The van der Waals surface area contributed by atoms with Crippen LogP contribution in [0.3, 0.4) is 0 Å². The van der Waals surface area contributed by atoms with Crippen LogP contribution < -0.4 is 16.0 Å². The monoisotopic (exact) mass is 386 g/mol. The fourth-order valence-corrected chi connectivity index (χ4v) is 4.19. The van der Waals surface area contributed by atoms with Crippen molar-refractivity contribution in [2.24, 2.45) is 0 Å². The van der Waals surface area contributed by atoms with E-state index in [9.17, 15) is 9.59 Å². The van der Waals surface area contributed by atoms with E-state index in [-0.39, 0.29) is 12.0 Å². The number of carbonyl (C=O) groups is 2. The van der Waals surface area contributed by atoms with Gasteiger partial charge in [-0.2, -0.15) is 0 Å². The third-order valence-electron chi connectivity index (χ3n) is 5.70. The van der Waals surface area contributed by atoms with Gasteiger partial charge >= 0.3 is 12.0 Å². The molecule has 0 bridgehead atoms. The van der Waals surface area contributed by atoms with Gasteiger partial charge in [0.1, 0.15) is 6.54 Å². The maximum atomic E-state index is 12.9. The summed E-state index contributed by atoms with van der Waals surface area (Å²) >= 11 is 0. The Kier molecular flexibility index (Phi) is 6.73. The Hall–Kier alpha value is -2.34. The van der Waals surface area contributed by atoms with Gasteiger partial charge in [0, 0.05) is 0 Å². The molecule has 6 heteroatoms. The number of nitrogens with one attached hydrogen (secondary N) is 2. The van der Waals surface area contributed by atoms with Crippen molar-refractivity contribution < 1.29 is 19.6 Å². The number of rotatable bonds is 6. The lowest BCUT2D eigenvalue weighted by Crippen LogP contribution is -2.91. The predicted octanol–water partition coefficient (Wildman–Crippen LogP) is 2.37. The standard InChI is InChI=1S/C22H31N3O3/c1-4-28-21(26)19-18(13-23-16-8-6-5-7-9-16)24-22(27)25-20(19)17-12-14(2)10-11-15(17)3/h10-12,16,20,23H,4-9,13H2,1-3H3,(H2,24,25,27)/p+1/t20-/m1/s1. The van der Waals surface area contributed by atoms with Crippen LogP contribution in [0.1, 0.15) is 61.8 Å². The summed E-state index contributed by atoms with van der Waals surface area (Å²) in [4.78, 5) is 25.3. The van der Waals surface area contributed by atoms with Gasteiger partial charge in [0.15, 0.2) is 0 Å². The first-order valence-corrected chi connectivity index (χ1v) is 10.4. The Morgan fingerprint density at radius 2 is 1.96 bits per heavy atom. The van der Waals surface area contributed by atoms with E-state index in [2.05, 4.69) is 16.0 Å². The minimum Gasteiger partial charge on any atom is -0.463 e. The number of hydrogen-bond donors (Lipinski definition) is 3. The second kappa shape index (κ2) is 9.24. The zero-order valence-electron chi connectivity index (χ0n) is 17.1. The lowest BCUT2D eigenvalue weighted by Gasteiger charge is -2.30. The number of ether oxygens (including phenoxy) is 1. The van der Waals surface area contributed by atoms with E-state index in [0.29, 0.717) is 30.5 Å². The molecule has 2 amide bonds. The number of amides is 2. The van der Waals surface area contributed by atoms with E-state index >= 15 is 0 Å². The smallest absolute Gasteiger partial charge is 0.338 e. The van der Waals surface area contributed by atoms with Crippen LogP contribution in [0.5, 0.6) is 0 Å². The predicted molar refractivity (Wildman–Crippen MR) is 108 cm³/mol. The normalized spacial score (nSPS) is 20.5. The van der Waals surface area contributed by atoms with Crippen LogP contribution in [0.2, 0.25) is 0 Å². The number of quaternary nitrogens is 1. The molecule has 1 aromatic rings. The number of aryl methyl sites for hydroxylation is 2. The highest BCUT2D eigenvalue weighted by molar-refractivity contribution is 5.95. The maximum absolute atomic E-state index is 12.9. The SMILES string of the molecule is CCOC(=O)C1=C(C[NH2+]C2CCCCC2)NC(=O)N[C@@H]1c1cc(C)ccc1C. The van der Waals surface area contributed by atoms with E-state index < -0.39 is 6.04 Å². The highest BCUT2D eigenvalue weighted by atomic mass is 16.5. The van der Waals surface area contributed by atoms with E-state index in [4.69, 9.17) is 4.74 Å². The van der Waals surface area contributed by atoms with Gasteiger partial charge < -0.3 is 20.7 Å². The molecule has 1 aliphatic heterocycles. The number of nitrogens with two attached hydrogens (primary N) is 1. The molecule has 1 heterocycles. The molecule has 0 aromatic heterocycles. The number of urea groups is 1. The summed E-state index contributed by atoms with van der Waals surface area (Å²) in [5.41, 5.74) is 4.25. The molecule has 1 atom stereocenters. The second-order valence-corrected chi connectivity index (χ2v) is 7.84. The number of benzene rings is 1. The minimum atomic E-state index is -0.498. The largest absolute Gasteiger partial charge is 0.463 e. The lowest BCUT2D eigenvalue weighted by atomic mass is 9.90. The summed E-state index contributed by atoms with van der Waals surface area (Å²) in [6.07, 6.45) is 6.19. The van der Waals surface area contributed by atoms with Gasteiger partial charge in [0.2, 0.25) is 0 Å². The highest BCUT2D eigenvalue weighted by Crippen LogP contribution is 2.30. The molecule has 0 unspecified atom stereocenters. The van der Waals surface area contributed by atoms with Crippen molar-refractivity contribution in [1.29, 1.82) is 0 Å². The van der Waals surface area contributed by atoms with Crippen molar-refractivity contribution in [3.05, 3.63) is 46.2 Å². The molecule has 1 aliphatic carbocycles. The van der Waals surface area contributed by atoms with Crippen LogP contribution in [0.25, 0.3) is 0 Å². The molecule has 152 valence electrons. The van der Waals surface area contributed by atoms with Gasteiger partial charge in [0.25, 0.3) is 0 Å². The van der Waals surface area contributed by atoms with E-state index in [1.165, 1.54) is 32.1 Å². The summed E-state index contributed by atoms with van der Waals surface area (Å²) in [6.45, 7) is 6.69. The average molecular weight is 387 g/mol. The lowest BCUT2D eigenvalue weighted by molar-refractivity contribution is -0.685. The maximum Gasteiger partial charge on any atom is 0.338 e. The number of hydrogen-bond acceptors (Lipinski definition) is 3. The second-order valence-electron chi connectivity index (χ2n) is 7.84. The topological polar surface area (TPSA) is 84.0 Å². The Morgan fingerprint density at radius 3 is 2.68 bits per heavy atom. The summed E-state index contributed by atoms with van der Waals surface area (Å²) in [7, 11) is 0. The number of carbonyl (C=O) groups excluding carboxylic acids is 2. The first-order valence-electron chi connectivity index (χ1n) is 10.4. The van der Waals surface area contributed by atoms with Crippen LogP contribution in [-0.2, 0) is 9.53 Å². The summed E-state index contributed by atoms with van der Waals surface area (Å²) in [5.74, 6) is -0.368. The fourth-order valence-electron chi connectivity index (χ4n) is 4.19. The zero-order chi connectivity index (χ0) is 20.1. The van der Waals surface area contributed by atoms with E-state index in [1.807, 2.05) is 32.0 Å². The van der Waals surface area contributed by atoms with Gasteiger partial charge in [0.05, 0.1) is 30.0 Å². The Labute approximate surface area is 167 Å². The highest BCUT2D eigenvalue weighted by Gasteiger charge is 2.35. The van der Waals surface area contributed by atoms with Crippen molar-refractivity contribution in [2.45, 2.75) is 65.0 Å². The zero-order valence-corrected chi connectivity index (χ0v) is 17.1. The third-order valence-corrected chi connectivity index (χ3v) is 5.70. The van der Waals surface area contributed by atoms with Crippen molar-refractivity contribution in [3.8, 4) is 0 Å². The minimum absolute atomic E-state index is 0.272. The third kappa shape index (κ3) is 4.73. The van der Waals surface area contributed by atoms with Crippen molar-refractivity contribution >= 4 is 12.0 Å². The molecular formula is C22H32N3O3+. The molecule has 1 aromatic carbocycles. The molecule has 4 N–H and O–H groups in total. The Morgan fingerprint density at radius 1 is 1.21 bits per heavy atom. The number of esters is 1. The molecule has 6 nitrogen and oxygen atoms in total. The Bertz CT molecular complexity index is 766. The van der Waals surface area contributed by atoms with E-state index in [1.54, 1.807) is 6.92 Å². The summed E-state index contributed by atoms with van der Waals surface area (Å²) in [6, 6.07) is 5.87. The molecule has 1 saturated carbocycles. The van der Waals surface area contributed by atoms with Crippen LogP contribution in [-0.4, -0.2) is 31.2 Å². The first kappa shape index (κ1) is 20.4. The fraction of sp³-hybridized carbons (Fsp3) is 0.545. The first-order chi connectivity index (χ1) is 13.5. The van der Waals surface area contributed by atoms with Crippen molar-refractivity contribution in [2.75, 3.05) is 13.2 Å². The Balaban J connectivity index is 1.95. The molecule has 0 saturated heterocycles. The van der Waals surface area contributed by atoms with Crippen molar-refractivity contribution in [3.63, 3.8) is 0 Å². The van der Waals surface area contributed by atoms with Crippen molar-refractivity contribution in [1.82, 2.24) is 10.6 Å². The van der Waals surface area contributed by atoms with Gasteiger partial charge in [-0.15, -0.1) is 0 Å². The molecule has 1 fully saturated rings. The average Bonchev–Trinajstić information content (AvgIpc) is 2.68. The van der Waals surface area contributed by atoms with Gasteiger partial charge in [-0.05, 0) is 57.6 Å². The molecule has 28 heavy (non-hydrogen) atoms. The van der Waals surface area contributed by atoms with Crippen LogP contribution in [0.15, 0.2) is 29.5 Å². The summed E-state index contributed by atoms with van der Waals surface area (Å²) in [5, 5.41) is 8.08. The quantitative estimate of drug-likeness (QED) is 0.656. The molecule has 0 spiro atoms. The molecular weight excluding hydrogens is 354 g/mol. The molecule has 3 rings (SSSR count). The van der Waals surface area contributed by atoms with Gasteiger partial charge in [-0.1, -0.05) is 30.2 Å². The molecule has 2 aliphatic rings. The van der Waals surface area contributed by atoms with Crippen LogP contribution >= 0.6 is 0 Å². The van der Waals surface area contributed by atoms with Crippen LogP contribution in [0.4, 0.5) is 4.79 Å². The van der Waals surface area contributed by atoms with Crippen LogP contribution in [0, 0.1) is 13.8 Å². The van der Waals surface area contributed by atoms with Gasteiger partial charge in [-0.3, -0.25) is 0 Å². The van der Waals surface area contributed by atoms with Gasteiger partial charge in [-0.25, -0.2) is 9.59 Å².